The number of benzene rings is 4. The summed E-state index contributed by atoms with van der Waals surface area (Å²) < 4.78 is 3.13. The van der Waals surface area contributed by atoms with Gasteiger partial charge in [-0.2, -0.15) is 0 Å². The number of nitrogens with one attached hydrogen (secondary N) is 4. The van der Waals surface area contributed by atoms with E-state index in [9.17, 15) is 24.0 Å². The van der Waals surface area contributed by atoms with Crippen molar-refractivity contribution in [3.63, 3.8) is 0 Å². The normalized spacial score (nSPS) is 20.3. The van der Waals surface area contributed by atoms with Crippen LogP contribution in [0.15, 0.2) is 77.6 Å². The Morgan fingerprint density at radius 1 is 0.881 bits per heavy atom. The molecule has 9 rings (SSSR count). The van der Waals surface area contributed by atoms with E-state index in [4.69, 9.17) is 0 Å². The highest BCUT2D eigenvalue weighted by Crippen LogP contribution is 2.34. The molecule has 0 spiro atoms. The summed E-state index contributed by atoms with van der Waals surface area (Å²) in [5.41, 5.74) is 5.84. The van der Waals surface area contributed by atoms with Crippen LogP contribution in [0.2, 0.25) is 0 Å². The van der Waals surface area contributed by atoms with Gasteiger partial charge in [-0.05, 0) is 149 Å². The third-order valence-electron chi connectivity index (χ3n) is 15.0. The lowest BCUT2D eigenvalue weighted by Crippen LogP contribution is -2.55. The number of imidazole rings is 1. The third kappa shape index (κ3) is 9.65. The summed E-state index contributed by atoms with van der Waals surface area (Å²) >= 11 is 0. The van der Waals surface area contributed by atoms with Crippen LogP contribution in [0.4, 0.5) is 5.69 Å². The van der Waals surface area contributed by atoms with Crippen molar-refractivity contribution >= 4 is 51.1 Å². The second kappa shape index (κ2) is 19.5. The van der Waals surface area contributed by atoms with Crippen LogP contribution < -0.4 is 27.0 Å². The topological polar surface area (TPSA) is 150 Å². The van der Waals surface area contributed by atoms with Gasteiger partial charge in [0, 0.05) is 68.8 Å². The van der Waals surface area contributed by atoms with Gasteiger partial charge in [-0.3, -0.25) is 33.6 Å². The molecule has 4 aliphatic rings. The Morgan fingerprint density at radius 2 is 1.64 bits per heavy atom. The molecule has 4 aliphatic heterocycles. The Bertz CT molecular complexity index is 2830. The third-order valence-corrected chi connectivity index (χ3v) is 15.0. The lowest BCUT2D eigenvalue weighted by Gasteiger charge is -2.33. The molecule has 4 saturated heterocycles. The van der Waals surface area contributed by atoms with E-state index >= 15 is 0 Å². The molecule has 67 heavy (non-hydrogen) atoms. The molecule has 4 N–H and O–H groups in total. The van der Waals surface area contributed by atoms with E-state index in [1.54, 1.807) is 18.5 Å². The summed E-state index contributed by atoms with van der Waals surface area (Å²) in [4.78, 5) is 69.6. The smallest absolute Gasteiger partial charge is 0.329 e. The van der Waals surface area contributed by atoms with Crippen LogP contribution in [-0.4, -0.2) is 94.4 Å². The highest BCUT2D eigenvalue weighted by atomic mass is 16.2. The maximum Gasteiger partial charge on any atom is 0.329 e. The molecule has 4 amide bonds. The van der Waals surface area contributed by atoms with Gasteiger partial charge in [0.05, 0.1) is 23.1 Å². The number of amides is 4. The molecule has 0 bridgehead atoms. The average Bonchev–Trinajstić information content (AvgIpc) is 3.58. The van der Waals surface area contributed by atoms with E-state index in [2.05, 4.69) is 74.4 Å². The minimum absolute atomic E-state index is 0.0807. The highest BCUT2D eigenvalue weighted by molar-refractivity contribution is 6.02. The quantitative estimate of drug-likeness (QED) is 0.0633. The Balaban J connectivity index is 0.717. The summed E-state index contributed by atoms with van der Waals surface area (Å²) in [6, 6.07) is 24.8. The van der Waals surface area contributed by atoms with E-state index in [-0.39, 0.29) is 48.2 Å². The first kappa shape index (κ1) is 45.9. The van der Waals surface area contributed by atoms with Crippen LogP contribution in [-0.2, 0) is 27.0 Å². The molecule has 13 heteroatoms. The molecule has 0 radical (unpaired) electrons. The average molecular weight is 905 g/mol. The second-order valence-corrected chi connectivity index (χ2v) is 19.5. The summed E-state index contributed by atoms with van der Waals surface area (Å²) in [5.74, 6) is 7.13. The lowest BCUT2D eigenvalue weighted by molar-refractivity contribution is -0.140. The molecule has 0 aliphatic carbocycles. The lowest BCUT2D eigenvalue weighted by atomic mass is 9.88. The van der Waals surface area contributed by atoms with Gasteiger partial charge >= 0.3 is 5.69 Å². The number of piperidine rings is 3. The van der Waals surface area contributed by atoms with E-state index in [1.807, 2.05) is 55.1 Å². The van der Waals surface area contributed by atoms with E-state index in [0.717, 1.165) is 115 Å². The van der Waals surface area contributed by atoms with Crippen molar-refractivity contribution in [1.29, 1.82) is 0 Å². The molecule has 0 unspecified atom stereocenters. The van der Waals surface area contributed by atoms with Crippen LogP contribution >= 0.6 is 0 Å². The first-order valence-electron chi connectivity index (χ1n) is 24.3. The molecule has 0 saturated carbocycles. The number of nitrogens with zero attached hydrogens (tertiary/aromatic N) is 4. The van der Waals surface area contributed by atoms with Crippen molar-refractivity contribution < 1.29 is 19.2 Å². The number of carbonyl (C=O) groups excluding carboxylic acids is 4. The number of hydrogen-bond acceptors (Lipinski definition) is 8. The number of unbranched alkanes of at least 4 members (excludes halogenated alkanes) is 1. The standard InChI is InChI=1S/C54H64N8O5/c1-35-12-17-41(57-42-33-55-34-42)32-46(35)51(65)56-36(2)43-18-15-39(44-9-5-6-10-45(43)44)14-13-37-21-27-60(28-22-37)26-8-7-11-50(64)61-29-23-38(24-30-61)40-16-19-47-48(31-40)59(4)53(67)62(47)54(3)25-20-49(63)58-52(54)66/h5-6,9-10,12,15-19,31-32,36-38,42,55,57H,7-8,11,20-30,33-34H2,1-4H3,(H,56,65)(H,58,63,66)/t36-,54-/m1/s1. The minimum atomic E-state index is -1.14. The van der Waals surface area contributed by atoms with Gasteiger partial charge in [0.25, 0.3) is 11.8 Å². The predicted octanol–water partition coefficient (Wildman–Crippen LogP) is 6.47. The number of likely N-dealkylation sites (tertiary alicyclic amines) is 2. The summed E-state index contributed by atoms with van der Waals surface area (Å²) in [6.07, 6.45) is 6.67. The van der Waals surface area contributed by atoms with Gasteiger partial charge in [-0.15, -0.1) is 0 Å². The molecule has 4 aromatic carbocycles. The fraction of sp³-hybridized carbons (Fsp3) is 0.463. The summed E-state index contributed by atoms with van der Waals surface area (Å²) in [6.45, 7) is 12.0. The zero-order valence-corrected chi connectivity index (χ0v) is 39.4. The first-order chi connectivity index (χ1) is 32.4. The highest BCUT2D eigenvalue weighted by Gasteiger charge is 2.43. The van der Waals surface area contributed by atoms with E-state index in [1.165, 1.54) is 4.57 Å². The number of fused-ring (bicyclic) bond motifs is 2. The van der Waals surface area contributed by atoms with Gasteiger partial charge in [0.15, 0.2) is 0 Å². The van der Waals surface area contributed by atoms with Gasteiger partial charge in [-0.1, -0.05) is 54.3 Å². The zero-order valence-electron chi connectivity index (χ0n) is 39.4. The van der Waals surface area contributed by atoms with Gasteiger partial charge in [0.1, 0.15) is 5.54 Å². The SMILES string of the molecule is Cc1ccc(NC2CNC2)cc1C(=O)N[C@H](C)c1ccc(C#CC2CCN(CCCCC(=O)N3CCC(c4ccc5c(c4)n(C)c(=O)n5[C@]4(C)CCC(=O)NC4=O)CC3)CC2)c2ccccc12. The molecule has 2 atom stereocenters. The number of aromatic nitrogens is 2. The van der Waals surface area contributed by atoms with Crippen LogP contribution in [0.25, 0.3) is 21.8 Å². The van der Waals surface area contributed by atoms with Crippen molar-refractivity contribution in [2.75, 3.05) is 51.1 Å². The number of rotatable bonds is 12. The number of carbonyl (C=O) groups is 4. The molecule has 4 fully saturated rings. The van der Waals surface area contributed by atoms with Crippen molar-refractivity contribution in [3.8, 4) is 11.8 Å². The zero-order chi connectivity index (χ0) is 46.8. The number of imide groups is 1. The number of anilines is 1. The minimum Gasteiger partial charge on any atom is -0.380 e. The largest absolute Gasteiger partial charge is 0.380 e. The maximum absolute atomic E-state index is 13.6. The number of hydrogen-bond donors (Lipinski definition) is 4. The van der Waals surface area contributed by atoms with Crippen LogP contribution in [0.3, 0.4) is 0 Å². The first-order valence-corrected chi connectivity index (χ1v) is 24.3. The van der Waals surface area contributed by atoms with Crippen LogP contribution in [0, 0.1) is 24.7 Å². The van der Waals surface area contributed by atoms with Crippen molar-refractivity contribution in [2.45, 2.75) is 102 Å². The Labute approximate surface area is 393 Å². The molecule has 350 valence electrons. The van der Waals surface area contributed by atoms with Crippen LogP contribution in [0.1, 0.15) is 116 Å². The number of aryl methyl sites for hydroxylation is 2. The second-order valence-electron chi connectivity index (χ2n) is 19.5. The monoisotopic (exact) mass is 904 g/mol. The Kier molecular flexibility index (Phi) is 13.4. The molecule has 13 nitrogen and oxygen atoms in total. The van der Waals surface area contributed by atoms with Crippen molar-refractivity contribution in [1.82, 2.24) is 34.9 Å². The molecular weight excluding hydrogens is 841 g/mol. The molecular formula is C54H64N8O5. The van der Waals surface area contributed by atoms with Gasteiger partial charge in [0.2, 0.25) is 11.8 Å². The molecule has 5 aromatic rings. The van der Waals surface area contributed by atoms with Crippen molar-refractivity contribution in [2.24, 2.45) is 13.0 Å². The predicted molar refractivity (Wildman–Crippen MR) is 263 cm³/mol. The maximum atomic E-state index is 13.6. The van der Waals surface area contributed by atoms with Crippen molar-refractivity contribution in [3.05, 3.63) is 111 Å². The Hall–Kier alpha value is -6.23. The fourth-order valence-corrected chi connectivity index (χ4v) is 10.5. The summed E-state index contributed by atoms with van der Waals surface area (Å²) in [7, 11) is 1.73. The van der Waals surface area contributed by atoms with Crippen LogP contribution in [0.5, 0.6) is 0 Å². The van der Waals surface area contributed by atoms with Gasteiger partial charge < -0.3 is 25.8 Å². The van der Waals surface area contributed by atoms with E-state index < -0.39 is 11.4 Å². The molecule has 5 heterocycles. The summed E-state index contributed by atoms with van der Waals surface area (Å²) in [5, 5.41) is 14.7. The van der Waals surface area contributed by atoms with E-state index in [0.29, 0.717) is 42.6 Å². The fourth-order valence-electron chi connectivity index (χ4n) is 10.5. The Morgan fingerprint density at radius 3 is 2.37 bits per heavy atom. The molecule has 1 aromatic heterocycles. The van der Waals surface area contributed by atoms with Gasteiger partial charge in [-0.25, -0.2) is 4.79 Å².